The Hall–Kier alpha value is -3.50. The van der Waals surface area contributed by atoms with Crippen molar-refractivity contribution in [3.63, 3.8) is 0 Å². The van der Waals surface area contributed by atoms with Crippen LogP contribution in [0.1, 0.15) is 61.6 Å². The zero-order valence-corrected chi connectivity index (χ0v) is 25.5. The molecular formula is C34H45FN4O5. The molecule has 5 rings (SSSR count). The quantitative estimate of drug-likeness (QED) is 0.424. The fourth-order valence-electron chi connectivity index (χ4n) is 6.75. The first kappa shape index (κ1) is 31.9. The number of hydrogen-bond donors (Lipinski definition) is 4. The highest BCUT2D eigenvalue weighted by Gasteiger charge is 2.37. The molecule has 4 N–H and O–H groups in total. The summed E-state index contributed by atoms with van der Waals surface area (Å²) in [6.45, 7) is 0.288. The van der Waals surface area contributed by atoms with Crippen LogP contribution in [0.2, 0.25) is 0 Å². The molecule has 0 spiro atoms. The number of carbonyl (C=O) groups excluding carboxylic acids is 3. The fourth-order valence-corrected chi connectivity index (χ4v) is 6.75. The van der Waals surface area contributed by atoms with Crippen LogP contribution in [0.25, 0.3) is 0 Å². The predicted octanol–water partition coefficient (Wildman–Crippen LogP) is 2.67. The molecule has 2 aromatic rings. The van der Waals surface area contributed by atoms with Crippen LogP contribution in [0.15, 0.2) is 42.5 Å². The lowest BCUT2D eigenvalue weighted by molar-refractivity contribution is -0.144. The molecule has 9 nitrogen and oxygen atoms in total. The molecular weight excluding hydrogens is 563 g/mol. The first-order chi connectivity index (χ1) is 21.3. The minimum Gasteiger partial charge on any atom is -0.489 e. The molecule has 2 heterocycles. The van der Waals surface area contributed by atoms with Gasteiger partial charge in [0.25, 0.3) is 0 Å². The molecule has 44 heavy (non-hydrogen) atoms. The summed E-state index contributed by atoms with van der Waals surface area (Å²) >= 11 is 0. The molecule has 1 saturated carbocycles. The lowest BCUT2D eigenvalue weighted by Gasteiger charge is -2.37. The van der Waals surface area contributed by atoms with Gasteiger partial charge < -0.3 is 30.7 Å². The molecule has 1 fully saturated rings. The summed E-state index contributed by atoms with van der Waals surface area (Å²) in [5.41, 5.74) is 2.93. The summed E-state index contributed by atoms with van der Waals surface area (Å²) in [5, 5.41) is 19.6. The Morgan fingerprint density at radius 3 is 2.39 bits per heavy atom. The lowest BCUT2D eigenvalue weighted by Crippen LogP contribution is -2.60. The van der Waals surface area contributed by atoms with Crippen LogP contribution in [0.5, 0.6) is 5.75 Å². The number of ether oxygens (including phenoxy) is 1. The van der Waals surface area contributed by atoms with Gasteiger partial charge in [-0.2, -0.15) is 0 Å². The third-order valence-electron chi connectivity index (χ3n) is 9.35. The second-order valence-corrected chi connectivity index (χ2v) is 12.4. The lowest BCUT2D eigenvalue weighted by atomic mass is 9.83. The maximum Gasteiger partial charge on any atom is 0.245 e. The second kappa shape index (κ2) is 15.0. The van der Waals surface area contributed by atoms with E-state index in [0.29, 0.717) is 31.5 Å². The molecule has 0 aromatic heterocycles. The van der Waals surface area contributed by atoms with Crippen molar-refractivity contribution in [1.29, 1.82) is 0 Å². The van der Waals surface area contributed by atoms with Gasteiger partial charge in [-0.25, -0.2) is 4.39 Å². The summed E-state index contributed by atoms with van der Waals surface area (Å²) in [5.74, 6) is -0.656. The largest absolute Gasteiger partial charge is 0.489 e. The van der Waals surface area contributed by atoms with Crippen LogP contribution in [0, 0.1) is 11.7 Å². The van der Waals surface area contributed by atoms with E-state index in [1.54, 1.807) is 12.1 Å². The van der Waals surface area contributed by atoms with Gasteiger partial charge in [-0.15, -0.1) is 0 Å². The average molecular weight is 609 g/mol. The Kier molecular flexibility index (Phi) is 10.9. The van der Waals surface area contributed by atoms with E-state index in [2.05, 4.69) is 28.1 Å². The minimum atomic E-state index is -1.18. The third kappa shape index (κ3) is 7.77. The number of aliphatic hydroxyl groups excluding tert-OH is 1. The normalized spacial score (nSPS) is 26.2. The van der Waals surface area contributed by atoms with Crippen molar-refractivity contribution in [3.8, 4) is 5.75 Å². The monoisotopic (exact) mass is 608 g/mol. The van der Waals surface area contributed by atoms with Gasteiger partial charge in [-0.1, -0.05) is 49.6 Å². The molecule has 2 aromatic carbocycles. The van der Waals surface area contributed by atoms with Crippen LogP contribution in [0.4, 0.5) is 4.39 Å². The van der Waals surface area contributed by atoms with Crippen molar-refractivity contribution >= 4 is 17.7 Å². The standard InChI is InChI=1S/C34H45FN4O5/c1-39-29(21-40)33(42)38-28(19-22-12-15-26(35)16-13-22)32(41)36-18-6-11-24-9-5-10-25-14-17-27(44-31(24)25)20-37-30(34(39)43)23-7-3-2-4-8-23/h5,9-10,12-13,15-16,23,27-30,37,40H,2-4,6-8,11,14,17-21H2,1H3,(H,36,41)(H,38,42)/t27?,28-,29+,30+/m1/s1. The van der Waals surface area contributed by atoms with Gasteiger partial charge >= 0.3 is 0 Å². The highest BCUT2D eigenvalue weighted by atomic mass is 19.1. The molecule has 3 aliphatic rings. The van der Waals surface area contributed by atoms with Crippen molar-refractivity contribution in [2.24, 2.45) is 5.92 Å². The Bertz CT molecular complexity index is 1300. The number of halogens is 1. The number of rotatable bonds is 4. The number of benzene rings is 2. The van der Waals surface area contributed by atoms with E-state index in [1.807, 2.05) is 6.07 Å². The molecule has 2 bridgehead atoms. The van der Waals surface area contributed by atoms with Crippen LogP contribution in [-0.4, -0.2) is 78.7 Å². The first-order valence-corrected chi connectivity index (χ1v) is 16.0. The Morgan fingerprint density at radius 2 is 1.66 bits per heavy atom. The van der Waals surface area contributed by atoms with Gasteiger partial charge in [0.1, 0.15) is 29.8 Å². The van der Waals surface area contributed by atoms with Crippen molar-refractivity contribution in [2.75, 3.05) is 26.7 Å². The van der Waals surface area contributed by atoms with E-state index in [1.165, 1.54) is 29.6 Å². The Balaban J connectivity index is 1.43. The Morgan fingerprint density at radius 1 is 0.932 bits per heavy atom. The van der Waals surface area contributed by atoms with Gasteiger partial charge in [0, 0.05) is 26.6 Å². The zero-order chi connectivity index (χ0) is 31.1. The molecule has 0 radical (unpaired) electrons. The van der Waals surface area contributed by atoms with Gasteiger partial charge in [0.05, 0.1) is 12.6 Å². The highest BCUT2D eigenvalue weighted by Crippen LogP contribution is 2.33. The number of aliphatic hydroxyl groups is 1. The van der Waals surface area contributed by atoms with Gasteiger partial charge in [0.2, 0.25) is 17.7 Å². The second-order valence-electron chi connectivity index (χ2n) is 12.4. The summed E-state index contributed by atoms with van der Waals surface area (Å²) in [7, 11) is 1.54. The van der Waals surface area contributed by atoms with Crippen molar-refractivity contribution < 1.29 is 28.6 Å². The number of nitrogens with one attached hydrogen (secondary N) is 3. The van der Waals surface area contributed by atoms with Crippen molar-refractivity contribution in [2.45, 2.75) is 88.4 Å². The molecule has 10 heteroatoms. The maximum atomic E-state index is 14.0. The highest BCUT2D eigenvalue weighted by molar-refractivity contribution is 5.93. The first-order valence-electron chi connectivity index (χ1n) is 16.0. The van der Waals surface area contributed by atoms with E-state index in [9.17, 15) is 23.9 Å². The number of para-hydroxylation sites is 1. The number of amides is 3. The molecule has 0 saturated heterocycles. The maximum absolute atomic E-state index is 14.0. The number of likely N-dealkylation sites (N-methyl/N-ethyl adjacent to an activating group) is 1. The number of carbonyl (C=O) groups is 3. The van der Waals surface area contributed by atoms with Crippen molar-refractivity contribution in [1.82, 2.24) is 20.9 Å². The molecule has 2 aliphatic heterocycles. The number of aryl methyl sites for hydroxylation is 2. The van der Waals surface area contributed by atoms with Gasteiger partial charge in [0.15, 0.2) is 0 Å². The van der Waals surface area contributed by atoms with E-state index in [-0.39, 0.29) is 30.3 Å². The zero-order valence-electron chi connectivity index (χ0n) is 25.5. The third-order valence-corrected chi connectivity index (χ3v) is 9.35. The topological polar surface area (TPSA) is 120 Å². The number of hydrogen-bond acceptors (Lipinski definition) is 6. The van der Waals surface area contributed by atoms with Crippen LogP contribution < -0.4 is 20.7 Å². The molecule has 1 unspecified atom stereocenters. The van der Waals surface area contributed by atoms with Crippen molar-refractivity contribution in [3.05, 3.63) is 65.0 Å². The van der Waals surface area contributed by atoms with Crippen LogP contribution >= 0.6 is 0 Å². The van der Waals surface area contributed by atoms with Gasteiger partial charge in [-0.3, -0.25) is 14.4 Å². The summed E-state index contributed by atoms with van der Waals surface area (Å²) < 4.78 is 20.1. The van der Waals surface area contributed by atoms with E-state index in [0.717, 1.165) is 56.3 Å². The summed E-state index contributed by atoms with van der Waals surface area (Å²) in [6.07, 6.45) is 8.16. The summed E-state index contributed by atoms with van der Waals surface area (Å²) in [4.78, 5) is 42.3. The molecule has 3 amide bonds. The average Bonchev–Trinajstić information content (AvgIpc) is 3.04. The van der Waals surface area contributed by atoms with E-state index in [4.69, 9.17) is 4.74 Å². The van der Waals surface area contributed by atoms with E-state index < -0.39 is 36.5 Å². The smallest absolute Gasteiger partial charge is 0.245 e. The predicted molar refractivity (Wildman–Crippen MR) is 165 cm³/mol. The van der Waals surface area contributed by atoms with Gasteiger partial charge in [-0.05, 0) is 73.3 Å². The molecule has 238 valence electrons. The van der Waals surface area contributed by atoms with Crippen LogP contribution in [-0.2, 0) is 33.6 Å². The minimum absolute atomic E-state index is 0.101. The number of nitrogens with zero attached hydrogens (tertiary/aromatic N) is 1. The van der Waals surface area contributed by atoms with Crippen LogP contribution in [0.3, 0.4) is 0 Å². The Labute approximate surface area is 258 Å². The number of fused-ring (bicyclic) bond motifs is 1. The molecule has 1 aliphatic carbocycles. The summed E-state index contributed by atoms with van der Waals surface area (Å²) in [6, 6.07) is 9.28. The SMILES string of the molecule is CN1C(=O)[C@H](C2CCCCC2)NCC2CCc3cccc(c3O2)CCCNC(=O)[C@@H](Cc2ccc(F)cc2)NC(=O)[C@@H]1CO. The van der Waals surface area contributed by atoms with E-state index >= 15 is 0 Å². The molecule has 4 atom stereocenters. The fraction of sp³-hybridized carbons (Fsp3) is 0.559.